The van der Waals surface area contributed by atoms with E-state index in [9.17, 15) is 9.59 Å². The maximum Gasteiger partial charge on any atom is 0.339 e. The number of methoxy groups -OCH3 is 1. The maximum atomic E-state index is 12.7. The molecule has 7 nitrogen and oxygen atoms in total. The second kappa shape index (κ2) is 9.82. The van der Waals surface area contributed by atoms with Gasteiger partial charge in [-0.3, -0.25) is 4.79 Å². The molecule has 3 rings (SSSR count). The number of allylic oxidation sites excluding steroid dienone is 1. The number of hydrogen-bond donors (Lipinski definition) is 2. The minimum Gasteiger partial charge on any atom is -0.465 e. The Balaban J connectivity index is 1.68. The van der Waals surface area contributed by atoms with Crippen LogP contribution in [-0.4, -0.2) is 35.5 Å². The van der Waals surface area contributed by atoms with Gasteiger partial charge in [0.2, 0.25) is 0 Å². The lowest BCUT2D eigenvalue weighted by Gasteiger charge is -2.14. The molecule has 152 valence electrons. The van der Waals surface area contributed by atoms with Crippen molar-refractivity contribution < 1.29 is 14.3 Å². The van der Waals surface area contributed by atoms with Gasteiger partial charge in [-0.25, -0.2) is 14.8 Å². The summed E-state index contributed by atoms with van der Waals surface area (Å²) in [5.74, 6) is 0.183. The molecule has 29 heavy (non-hydrogen) atoms. The van der Waals surface area contributed by atoms with Gasteiger partial charge in [0.25, 0.3) is 5.91 Å². The highest BCUT2D eigenvalue weighted by Gasteiger charge is 2.16. The lowest BCUT2D eigenvalue weighted by atomic mass is 9.97. The highest BCUT2D eigenvalue weighted by Crippen LogP contribution is 2.20. The molecule has 1 aliphatic carbocycles. The van der Waals surface area contributed by atoms with Gasteiger partial charge in [-0.1, -0.05) is 23.8 Å². The Hall–Kier alpha value is -3.22. The minimum atomic E-state index is -0.515. The summed E-state index contributed by atoms with van der Waals surface area (Å²) in [5, 5.41) is 6.02. The molecule has 0 spiro atoms. The van der Waals surface area contributed by atoms with Gasteiger partial charge < -0.3 is 15.4 Å². The van der Waals surface area contributed by atoms with Crippen LogP contribution in [0.3, 0.4) is 0 Å². The van der Waals surface area contributed by atoms with Gasteiger partial charge in [0.05, 0.1) is 18.4 Å². The molecule has 1 aromatic heterocycles. The lowest BCUT2D eigenvalue weighted by molar-refractivity contribution is 0.0602. The van der Waals surface area contributed by atoms with Gasteiger partial charge in [-0.05, 0) is 51.2 Å². The van der Waals surface area contributed by atoms with Crippen LogP contribution in [0, 0.1) is 6.92 Å². The van der Waals surface area contributed by atoms with Crippen molar-refractivity contribution in [1.29, 1.82) is 0 Å². The zero-order chi connectivity index (χ0) is 20.6. The van der Waals surface area contributed by atoms with Gasteiger partial charge in [0.1, 0.15) is 17.3 Å². The number of para-hydroxylation sites is 1. The summed E-state index contributed by atoms with van der Waals surface area (Å²) in [4.78, 5) is 33.2. The number of carbonyl (C=O) groups is 2. The summed E-state index contributed by atoms with van der Waals surface area (Å²) in [6.45, 7) is 2.50. The number of aromatic nitrogens is 2. The number of benzene rings is 1. The lowest BCUT2D eigenvalue weighted by Crippen LogP contribution is -2.18. The van der Waals surface area contributed by atoms with E-state index in [1.165, 1.54) is 31.9 Å². The molecule has 0 bridgehead atoms. The van der Waals surface area contributed by atoms with Crippen LogP contribution in [0.4, 0.5) is 11.5 Å². The normalized spacial score (nSPS) is 13.4. The molecular weight excluding hydrogens is 368 g/mol. The number of amides is 1. The highest BCUT2D eigenvalue weighted by molar-refractivity contribution is 6.07. The van der Waals surface area contributed by atoms with E-state index in [0.717, 1.165) is 19.4 Å². The third kappa shape index (κ3) is 5.63. The number of ether oxygens (including phenoxy) is 1. The molecule has 0 fully saturated rings. The van der Waals surface area contributed by atoms with Crippen molar-refractivity contribution in [2.45, 2.75) is 39.0 Å². The van der Waals surface area contributed by atoms with Crippen molar-refractivity contribution in [3.05, 3.63) is 59.1 Å². The number of hydrogen-bond acceptors (Lipinski definition) is 6. The molecule has 1 aromatic carbocycles. The van der Waals surface area contributed by atoms with E-state index < -0.39 is 11.9 Å². The summed E-state index contributed by atoms with van der Waals surface area (Å²) < 4.78 is 4.77. The van der Waals surface area contributed by atoms with Crippen molar-refractivity contribution in [2.24, 2.45) is 0 Å². The molecule has 7 heteroatoms. The van der Waals surface area contributed by atoms with E-state index in [-0.39, 0.29) is 11.3 Å². The van der Waals surface area contributed by atoms with Gasteiger partial charge in [-0.2, -0.15) is 0 Å². The first-order valence-electron chi connectivity index (χ1n) is 9.83. The van der Waals surface area contributed by atoms with Gasteiger partial charge in [0, 0.05) is 12.6 Å². The van der Waals surface area contributed by atoms with Crippen LogP contribution in [0.1, 0.15) is 58.8 Å². The molecular formula is C22H26N4O3. The standard InChI is InChI=1S/C22H26N4O3/c1-15-24-19(14-20(25-15)23-13-12-16-8-4-3-5-9-16)21(27)26-18-11-7-6-10-17(18)22(28)29-2/h6-8,10-11,14H,3-5,9,12-13H2,1-2H3,(H,26,27)(H,23,24,25). The highest BCUT2D eigenvalue weighted by atomic mass is 16.5. The average molecular weight is 394 g/mol. The first-order chi connectivity index (χ1) is 14.1. The molecule has 2 aromatic rings. The monoisotopic (exact) mass is 394 g/mol. The molecule has 0 unspecified atom stereocenters. The number of esters is 1. The quantitative estimate of drug-likeness (QED) is 0.542. The Bertz CT molecular complexity index is 924. The van der Waals surface area contributed by atoms with Gasteiger partial charge >= 0.3 is 5.97 Å². The molecule has 0 radical (unpaired) electrons. The van der Waals surface area contributed by atoms with E-state index >= 15 is 0 Å². The molecule has 2 N–H and O–H groups in total. The number of nitrogens with one attached hydrogen (secondary N) is 2. The largest absolute Gasteiger partial charge is 0.465 e. The molecule has 0 saturated carbocycles. The summed E-state index contributed by atoms with van der Waals surface area (Å²) in [6, 6.07) is 8.31. The number of rotatable bonds is 7. The van der Waals surface area contributed by atoms with E-state index in [1.807, 2.05) is 0 Å². The van der Waals surface area contributed by atoms with Crippen LogP contribution in [0.2, 0.25) is 0 Å². The second-order valence-corrected chi connectivity index (χ2v) is 6.96. The fourth-order valence-electron chi connectivity index (χ4n) is 3.32. The predicted octanol–water partition coefficient (Wildman–Crippen LogP) is 4.13. The Labute approximate surface area is 170 Å². The van der Waals surface area contributed by atoms with Gasteiger partial charge in [0.15, 0.2) is 0 Å². The third-order valence-electron chi connectivity index (χ3n) is 4.79. The molecule has 0 saturated heterocycles. The fourth-order valence-corrected chi connectivity index (χ4v) is 3.32. The number of carbonyl (C=O) groups excluding carboxylic acids is 2. The van der Waals surface area contributed by atoms with Crippen molar-refractivity contribution in [3.63, 3.8) is 0 Å². The molecule has 1 amide bonds. The van der Waals surface area contributed by atoms with E-state index in [0.29, 0.717) is 17.3 Å². The SMILES string of the molecule is COC(=O)c1ccccc1NC(=O)c1cc(NCCC2=CCCCC2)nc(C)n1. The van der Waals surface area contributed by atoms with Gasteiger partial charge in [-0.15, -0.1) is 0 Å². The zero-order valence-electron chi connectivity index (χ0n) is 16.8. The number of nitrogens with zero attached hydrogens (tertiary/aromatic N) is 2. The van der Waals surface area contributed by atoms with Crippen LogP contribution in [-0.2, 0) is 4.74 Å². The Morgan fingerprint density at radius 3 is 2.76 bits per heavy atom. The van der Waals surface area contributed by atoms with E-state index in [4.69, 9.17) is 4.74 Å². The zero-order valence-corrected chi connectivity index (χ0v) is 16.8. The van der Waals surface area contributed by atoms with E-state index in [1.54, 1.807) is 37.3 Å². The van der Waals surface area contributed by atoms with Crippen molar-refractivity contribution in [2.75, 3.05) is 24.3 Å². The smallest absolute Gasteiger partial charge is 0.339 e. The van der Waals surface area contributed by atoms with E-state index in [2.05, 4.69) is 26.7 Å². The Kier molecular flexibility index (Phi) is 6.94. The van der Waals surface area contributed by atoms with Crippen LogP contribution < -0.4 is 10.6 Å². The summed E-state index contributed by atoms with van der Waals surface area (Å²) in [5.41, 5.74) is 2.37. The fraction of sp³-hybridized carbons (Fsp3) is 0.364. The van der Waals surface area contributed by atoms with Crippen LogP contribution in [0.15, 0.2) is 42.0 Å². The first kappa shape index (κ1) is 20.5. The predicted molar refractivity (Wildman–Crippen MR) is 112 cm³/mol. The molecule has 1 heterocycles. The van der Waals surface area contributed by atoms with Crippen LogP contribution in [0.5, 0.6) is 0 Å². The molecule has 1 aliphatic rings. The van der Waals surface area contributed by atoms with Crippen molar-refractivity contribution in [3.8, 4) is 0 Å². The Morgan fingerprint density at radius 1 is 1.17 bits per heavy atom. The average Bonchev–Trinajstić information content (AvgIpc) is 2.74. The van der Waals surface area contributed by atoms with Crippen LogP contribution in [0.25, 0.3) is 0 Å². The molecule has 0 atom stereocenters. The number of aryl methyl sites for hydroxylation is 1. The summed E-state index contributed by atoms with van der Waals surface area (Å²) >= 11 is 0. The first-order valence-corrected chi connectivity index (χ1v) is 9.83. The number of anilines is 2. The minimum absolute atomic E-state index is 0.233. The Morgan fingerprint density at radius 2 is 2.00 bits per heavy atom. The second-order valence-electron chi connectivity index (χ2n) is 6.96. The maximum absolute atomic E-state index is 12.7. The third-order valence-corrected chi connectivity index (χ3v) is 4.79. The summed E-state index contributed by atoms with van der Waals surface area (Å²) in [6.07, 6.45) is 8.16. The topological polar surface area (TPSA) is 93.2 Å². The van der Waals surface area contributed by atoms with Crippen LogP contribution >= 0.6 is 0 Å². The molecule has 0 aliphatic heterocycles. The van der Waals surface area contributed by atoms with Crippen molar-refractivity contribution in [1.82, 2.24) is 9.97 Å². The van der Waals surface area contributed by atoms with Crippen molar-refractivity contribution >= 4 is 23.4 Å². The summed E-state index contributed by atoms with van der Waals surface area (Å²) in [7, 11) is 1.30.